The lowest BCUT2D eigenvalue weighted by atomic mass is 10.1. The van der Waals surface area contributed by atoms with Crippen LogP contribution in [0.25, 0.3) is 0 Å². The Hall–Kier alpha value is -1.69. The Bertz CT molecular complexity index is 771. The third-order valence-electron chi connectivity index (χ3n) is 4.42. The minimum atomic E-state index is -3.58. The van der Waals surface area contributed by atoms with E-state index in [1.54, 1.807) is 24.3 Å². The molecule has 0 spiro atoms. The van der Waals surface area contributed by atoms with Crippen molar-refractivity contribution in [1.82, 2.24) is 0 Å². The number of nitrogens with two attached hydrogens (primary N) is 1. The Morgan fingerprint density at radius 1 is 1.09 bits per heavy atom. The van der Waals surface area contributed by atoms with E-state index in [-0.39, 0.29) is 17.4 Å². The molecule has 3 rings (SSSR count). The van der Waals surface area contributed by atoms with Crippen LogP contribution >= 0.6 is 0 Å². The third-order valence-corrected chi connectivity index (χ3v) is 6.73. The van der Waals surface area contributed by atoms with E-state index in [0.29, 0.717) is 0 Å². The molecule has 3 unspecified atom stereocenters. The van der Waals surface area contributed by atoms with Crippen molar-refractivity contribution in [1.29, 1.82) is 0 Å². The molecule has 116 valence electrons. The molecule has 3 N–H and O–H groups in total. The first-order valence-corrected chi connectivity index (χ1v) is 8.71. The summed E-state index contributed by atoms with van der Waals surface area (Å²) in [5, 5.41) is 8.84. The summed E-state index contributed by atoms with van der Waals surface area (Å²) in [5.41, 5.74) is 6.91. The van der Waals surface area contributed by atoms with Crippen LogP contribution in [0.1, 0.15) is 17.0 Å². The first-order chi connectivity index (χ1) is 10.4. The summed E-state index contributed by atoms with van der Waals surface area (Å²) in [6.07, 6.45) is 0. The van der Waals surface area contributed by atoms with Crippen molar-refractivity contribution in [2.75, 3.05) is 6.61 Å². The van der Waals surface area contributed by atoms with Crippen molar-refractivity contribution in [2.45, 2.75) is 28.5 Å². The van der Waals surface area contributed by atoms with Crippen LogP contribution in [0.5, 0.6) is 0 Å². The topological polar surface area (TPSA) is 80.4 Å². The zero-order valence-electron chi connectivity index (χ0n) is 12.3. The van der Waals surface area contributed by atoms with Gasteiger partial charge in [0.25, 0.3) is 0 Å². The fourth-order valence-electron chi connectivity index (χ4n) is 3.10. The molecule has 1 saturated carbocycles. The highest BCUT2D eigenvalue weighted by Crippen LogP contribution is 2.55. The van der Waals surface area contributed by atoms with Gasteiger partial charge in [-0.3, -0.25) is 0 Å². The molecule has 0 amide bonds. The fraction of sp³-hybridized carbons (Fsp3) is 0.294. The smallest absolute Gasteiger partial charge is 0.183 e. The van der Waals surface area contributed by atoms with Crippen molar-refractivity contribution >= 4 is 9.84 Å². The Morgan fingerprint density at radius 3 is 2.23 bits per heavy atom. The number of aryl methyl sites for hydroxylation is 1. The van der Waals surface area contributed by atoms with Crippen LogP contribution in [-0.2, 0) is 9.84 Å². The van der Waals surface area contributed by atoms with Gasteiger partial charge in [0.2, 0.25) is 0 Å². The molecule has 1 aliphatic carbocycles. The summed E-state index contributed by atoms with van der Waals surface area (Å²) in [5.74, 6) is -0.384. The number of rotatable bonds is 4. The normalized spacial score (nSPS) is 27.6. The first-order valence-electron chi connectivity index (χ1n) is 7.16. The number of aliphatic hydroxyl groups is 1. The molecule has 3 atom stereocenters. The predicted octanol–water partition coefficient (Wildman–Crippen LogP) is 1.62. The van der Waals surface area contributed by atoms with Gasteiger partial charge in [0.15, 0.2) is 9.84 Å². The molecule has 0 radical (unpaired) electrons. The highest BCUT2D eigenvalue weighted by Gasteiger charge is 2.68. The van der Waals surface area contributed by atoms with Gasteiger partial charge in [-0.2, -0.15) is 0 Å². The largest absolute Gasteiger partial charge is 0.394 e. The molecular weight excluding hydrogens is 298 g/mol. The molecule has 0 aliphatic heterocycles. The summed E-state index contributed by atoms with van der Waals surface area (Å²) < 4.78 is 25.7. The maximum Gasteiger partial charge on any atom is 0.183 e. The molecule has 22 heavy (non-hydrogen) atoms. The minimum Gasteiger partial charge on any atom is -0.394 e. The van der Waals surface area contributed by atoms with Crippen LogP contribution in [0.3, 0.4) is 0 Å². The van der Waals surface area contributed by atoms with Crippen LogP contribution in [0.4, 0.5) is 0 Å². The second-order valence-electron chi connectivity index (χ2n) is 5.94. The maximum atomic E-state index is 12.9. The summed E-state index contributed by atoms with van der Waals surface area (Å²) in [4.78, 5) is 0.254. The number of aliphatic hydroxyl groups excluding tert-OH is 1. The standard InChI is InChI=1S/C17H19NO3S/c1-12-7-9-14(10-8-12)22(20,21)16-15(17(16,18)11-19)13-5-3-2-4-6-13/h2-10,15-16,19H,11,18H2,1H3. The Kier molecular flexibility index (Phi) is 3.59. The van der Waals surface area contributed by atoms with Gasteiger partial charge in [-0.15, -0.1) is 0 Å². The average Bonchev–Trinajstić information content (AvgIpc) is 3.16. The molecule has 2 aromatic carbocycles. The van der Waals surface area contributed by atoms with Crippen LogP contribution < -0.4 is 5.73 Å². The van der Waals surface area contributed by atoms with E-state index in [1.807, 2.05) is 37.3 Å². The van der Waals surface area contributed by atoms with Gasteiger partial charge in [0, 0.05) is 5.92 Å². The van der Waals surface area contributed by atoms with E-state index in [1.165, 1.54) is 0 Å². The molecule has 1 aliphatic rings. The molecular formula is C17H19NO3S. The zero-order valence-corrected chi connectivity index (χ0v) is 13.1. The lowest BCUT2D eigenvalue weighted by molar-refractivity contribution is 0.253. The van der Waals surface area contributed by atoms with E-state index in [2.05, 4.69) is 0 Å². The van der Waals surface area contributed by atoms with Crippen LogP contribution in [0.2, 0.25) is 0 Å². The maximum absolute atomic E-state index is 12.9. The van der Waals surface area contributed by atoms with Crippen molar-refractivity contribution < 1.29 is 13.5 Å². The molecule has 0 bridgehead atoms. The predicted molar refractivity (Wildman–Crippen MR) is 85.3 cm³/mol. The molecule has 2 aromatic rings. The molecule has 1 fully saturated rings. The summed E-state index contributed by atoms with van der Waals surface area (Å²) in [7, 11) is -3.58. The van der Waals surface area contributed by atoms with Gasteiger partial charge in [-0.25, -0.2) is 8.42 Å². The lowest BCUT2D eigenvalue weighted by Gasteiger charge is -2.08. The highest BCUT2D eigenvalue weighted by molar-refractivity contribution is 7.92. The van der Waals surface area contributed by atoms with E-state index in [4.69, 9.17) is 5.73 Å². The lowest BCUT2D eigenvalue weighted by Crippen LogP contribution is -2.35. The molecule has 0 heterocycles. The molecule has 4 nitrogen and oxygen atoms in total. The van der Waals surface area contributed by atoms with Gasteiger partial charge in [-0.05, 0) is 24.6 Å². The zero-order chi connectivity index (χ0) is 16.0. The SMILES string of the molecule is Cc1ccc(S(=O)(=O)C2C(c3ccccc3)C2(N)CO)cc1. The fourth-order valence-corrected chi connectivity index (χ4v) is 5.40. The van der Waals surface area contributed by atoms with Gasteiger partial charge in [0.1, 0.15) is 0 Å². The van der Waals surface area contributed by atoms with Crippen molar-refractivity contribution in [3.8, 4) is 0 Å². The Balaban J connectivity index is 2.01. The van der Waals surface area contributed by atoms with Gasteiger partial charge >= 0.3 is 0 Å². The number of sulfone groups is 1. The summed E-state index contributed by atoms with van der Waals surface area (Å²) in [6.45, 7) is 1.55. The Labute approximate surface area is 130 Å². The van der Waals surface area contributed by atoms with E-state index in [9.17, 15) is 13.5 Å². The van der Waals surface area contributed by atoms with E-state index >= 15 is 0 Å². The number of hydrogen-bond donors (Lipinski definition) is 2. The second kappa shape index (κ2) is 5.19. The Morgan fingerprint density at radius 2 is 1.68 bits per heavy atom. The molecule has 0 saturated heterocycles. The van der Waals surface area contributed by atoms with Crippen molar-refractivity contribution in [2.24, 2.45) is 5.73 Å². The number of hydrogen-bond acceptors (Lipinski definition) is 4. The highest BCUT2D eigenvalue weighted by atomic mass is 32.2. The molecule has 0 aromatic heterocycles. The molecule has 5 heteroatoms. The third kappa shape index (κ3) is 2.26. The van der Waals surface area contributed by atoms with Crippen molar-refractivity contribution in [3.05, 3.63) is 65.7 Å². The quantitative estimate of drug-likeness (QED) is 0.898. The second-order valence-corrected chi connectivity index (χ2v) is 8.01. The van der Waals surface area contributed by atoms with Gasteiger partial charge in [-0.1, -0.05) is 48.0 Å². The van der Waals surface area contributed by atoms with E-state index in [0.717, 1.165) is 11.1 Å². The average molecular weight is 317 g/mol. The van der Waals surface area contributed by atoms with Crippen LogP contribution in [0.15, 0.2) is 59.5 Å². The number of benzene rings is 2. The monoisotopic (exact) mass is 317 g/mol. The van der Waals surface area contributed by atoms with Crippen molar-refractivity contribution in [3.63, 3.8) is 0 Å². The van der Waals surface area contributed by atoms with Crippen LogP contribution in [0, 0.1) is 6.92 Å². The minimum absolute atomic E-state index is 0.254. The van der Waals surface area contributed by atoms with Crippen LogP contribution in [-0.4, -0.2) is 30.9 Å². The van der Waals surface area contributed by atoms with E-state index < -0.39 is 20.6 Å². The van der Waals surface area contributed by atoms with Gasteiger partial charge in [0.05, 0.1) is 22.3 Å². The first kappa shape index (κ1) is 15.2. The van der Waals surface area contributed by atoms with Gasteiger partial charge < -0.3 is 10.8 Å². The summed E-state index contributed by atoms with van der Waals surface area (Å²) >= 11 is 0. The summed E-state index contributed by atoms with van der Waals surface area (Å²) in [6, 6.07) is 16.0.